The van der Waals surface area contributed by atoms with E-state index in [-0.39, 0.29) is 11.8 Å². The van der Waals surface area contributed by atoms with Crippen molar-refractivity contribution >= 4 is 10.0 Å². The molecule has 5 heteroatoms. The molecule has 0 amide bonds. The standard InChI is InChI=1S/C15H34N2O2S/c1-5-7-9-13-17(15(3)4)20(18,19)14-10-8-12-16-11-6-2/h15-16H,5-14H2,1-4H3. The smallest absolute Gasteiger partial charge is 0.214 e. The molecule has 0 rings (SSSR count). The van der Waals surface area contributed by atoms with Gasteiger partial charge in [0.1, 0.15) is 0 Å². The van der Waals surface area contributed by atoms with Gasteiger partial charge in [-0.1, -0.05) is 26.7 Å². The second-order valence-electron chi connectivity index (χ2n) is 5.68. The van der Waals surface area contributed by atoms with E-state index >= 15 is 0 Å². The summed E-state index contributed by atoms with van der Waals surface area (Å²) < 4.78 is 26.4. The van der Waals surface area contributed by atoms with Crippen LogP contribution in [-0.2, 0) is 10.0 Å². The average Bonchev–Trinajstić information content (AvgIpc) is 2.38. The Morgan fingerprint density at radius 1 is 0.950 bits per heavy atom. The van der Waals surface area contributed by atoms with Crippen molar-refractivity contribution in [1.82, 2.24) is 9.62 Å². The summed E-state index contributed by atoms with van der Waals surface area (Å²) in [5.74, 6) is 0.283. The zero-order chi connectivity index (χ0) is 15.4. The molecule has 0 aromatic rings. The first kappa shape index (κ1) is 19.9. The third-order valence-corrected chi connectivity index (χ3v) is 5.47. The van der Waals surface area contributed by atoms with E-state index in [1.165, 1.54) is 0 Å². The lowest BCUT2D eigenvalue weighted by Gasteiger charge is -2.26. The van der Waals surface area contributed by atoms with Crippen molar-refractivity contribution in [2.24, 2.45) is 0 Å². The second kappa shape index (κ2) is 11.5. The Balaban J connectivity index is 4.13. The first-order valence-corrected chi connectivity index (χ1v) is 9.76. The highest BCUT2D eigenvalue weighted by molar-refractivity contribution is 7.89. The molecule has 122 valence electrons. The molecule has 0 atom stereocenters. The molecular weight excluding hydrogens is 272 g/mol. The number of sulfonamides is 1. The lowest BCUT2D eigenvalue weighted by Crippen LogP contribution is -2.39. The maximum absolute atomic E-state index is 12.4. The molecule has 0 aliphatic rings. The van der Waals surface area contributed by atoms with E-state index in [9.17, 15) is 8.42 Å². The largest absolute Gasteiger partial charge is 0.317 e. The number of unbranched alkanes of at least 4 members (excludes halogenated alkanes) is 3. The number of hydrogen-bond acceptors (Lipinski definition) is 3. The van der Waals surface area contributed by atoms with Gasteiger partial charge in [0.2, 0.25) is 10.0 Å². The van der Waals surface area contributed by atoms with Crippen LogP contribution in [0.5, 0.6) is 0 Å². The summed E-state index contributed by atoms with van der Waals surface area (Å²) in [7, 11) is -3.09. The molecule has 0 aliphatic carbocycles. The third kappa shape index (κ3) is 8.93. The molecule has 0 aromatic carbocycles. The topological polar surface area (TPSA) is 49.4 Å². The molecule has 0 spiro atoms. The highest BCUT2D eigenvalue weighted by atomic mass is 32.2. The average molecular weight is 307 g/mol. The van der Waals surface area contributed by atoms with Crippen LogP contribution < -0.4 is 5.32 Å². The predicted molar refractivity (Wildman–Crippen MR) is 87.5 cm³/mol. The zero-order valence-corrected chi connectivity index (χ0v) is 14.6. The lowest BCUT2D eigenvalue weighted by molar-refractivity contribution is 0.345. The minimum Gasteiger partial charge on any atom is -0.317 e. The van der Waals surface area contributed by atoms with Crippen molar-refractivity contribution in [2.45, 2.75) is 72.3 Å². The summed E-state index contributed by atoms with van der Waals surface area (Å²) in [5.41, 5.74) is 0. The molecule has 0 aliphatic heterocycles. The summed E-state index contributed by atoms with van der Waals surface area (Å²) in [4.78, 5) is 0. The van der Waals surface area contributed by atoms with Crippen LogP contribution in [0.4, 0.5) is 0 Å². The van der Waals surface area contributed by atoms with Gasteiger partial charge in [-0.15, -0.1) is 0 Å². The number of rotatable bonds is 13. The second-order valence-corrected chi connectivity index (χ2v) is 7.73. The Bertz CT molecular complexity index is 316. The molecule has 0 aromatic heterocycles. The van der Waals surface area contributed by atoms with Crippen molar-refractivity contribution in [3.8, 4) is 0 Å². The molecule has 1 N–H and O–H groups in total. The first-order chi connectivity index (χ1) is 9.45. The van der Waals surface area contributed by atoms with Crippen molar-refractivity contribution in [3.63, 3.8) is 0 Å². The van der Waals surface area contributed by atoms with Crippen LogP contribution in [0.2, 0.25) is 0 Å². The maximum Gasteiger partial charge on any atom is 0.214 e. The molecule has 0 radical (unpaired) electrons. The highest BCUT2D eigenvalue weighted by Crippen LogP contribution is 2.12. The van der Waals surface area contributed by atoms with E-state index in [4.69, 9.17) is 0 Å². The van der Waals surface area contributed by atoms with Gasteiger partial charge in [-0.25, -0.2) is 8.42 Å². The van der Waals surface area contributed by atoms with Gasteiger partial charge in [0.15, 0.2) is 0 Å². The summed E-state index contributed by atoms with van der Waals surface area (Å²) in [5, 5.41) is 3.31. The van der Waals surface area contributed by atoms with E-state index in [0.29, 0.717) is 6.54 Å². The number of hydrogen-bond donors (Lipinski definition) is 1. The van der Waals surface area contributed by atoms with Gasteiger partial charge < -0.3 is 5.32 Å². The third-order valence-electron chi connectivity index (χ3n) is 3.35. The van der Waals surface area contributed by atoms with Crippen molar-refractivity contribution in [1.29, 1.82) is 0 Å². The molecule has 0 heterocycles. The Labute approximate surface area is 126 Å². The van der Waals surface area contributed by atoms with Gasteiger partial charge in [-0.05, 0) is 52.6 Å². The highest BCUT2D eigenvalue weighted by Gasteiger charge is 2.23. The maximum atomic E-state index is 12.4. The Morgan fingerprint density at radius 3 is 2.20 bits per heavy atom. The normalized spacial score (nSPS) is 12.5. The summed E-state index contributed by atoms with van der Waals surface area (Å²) >= 11 is 0. The molecule has 0 unspecified atom stereocenters. The van der Waals surface area contributed by atoms with E-state index in [2.05, 4.69) is 19.2 Å². The molecule has 0 bridgehead atoms. The molecule has 0 fully saturated rings. The van der Waals surface area contributed by atoms with E-state index < -0.39 is 10.0 Å². The van der Waals surface area contributed by atoms with Gasteiger partial charge in [0, 0.05) is 12.6 Å². The quantitative estimate of drug-likeness (QED) is 0.532. The summed E-state index contributed by atoms with van der Waals surface area (Å²) in [6, 6.07) is 0.0649. The SMILES string of the molecule is CCCCCN(C(C)C)S(=O)(=O)CCCCNCCC. The van der Waals surface area contributed by atoms with Gasteiger partial charge in [0.05, 0.1) is 5.75 Å². The fourth-order valence-corrected chi connectivity index (χ4v) is 4.04. The van der Waals surface area contributed by atoms with Crippen LogP contribution in [0.15, 0.2) is 0 Å². The fourth-order valence-electron chi connectivity index (χ4n) is 2.19. The first-order valence-electron chi connectivity index (χ1n) is 8.16. The van der Waals surface area contributed by atoms with E-state index in [1.54, 1.807) is 4.31 Å². The molecule has 0 saturated heterocycles. The van der Waals surface area contributed by atoms with Crippen LogP contribution in [0, 0.1) is 0 Å². The van der Waals surface area contributed by atoms with Crippen LogP contribution >= 0.6 is 0 Å². The Hall–Kier alpha value is -0.130. The molecule has 4 nitrogen and oxygen atoms in total. The van der Waals surface area contributed by atoms with Crippen molar-refractivity contribution in [3.05, 3.63) is 0 Å². The van der Waals surface area contributed by atoms with Gasteiger partial charge >= 0.3 is 0 Å². The van der Waals surface area contributed by atoms with Gasteiger partial charge in [-0.3, -0.25) is 0 Å². The van der Waals surface area contributed by atoms with Gasteiger partial charge in [0.25, 0.3) is 0 Å². The van der Waals surface area contributed by atoms with Crippen LogP contribution in [-0.4, -0.2) is 44.2 Å². The monoisotopic (exact) mass is 306 g/mol. The Morgan fingerprint density at radius 2 is 1.65 bits per heavy atom. The molecule has 20 heavy (non-hydrogen) atoms. The van der Waals surface area contributed by atoms with Crippen LogP contribution in [0.1, 0.15) is 66.2 Å². The predicted octanol–water partition coefficient (Wildman–Crippen LogP) is 3.00. The van der Waals surface area contributed by atoms with Crippen molar-refractivity contribution in [2.75, 3.05) is 25.4 Å². The molecular formula is C15H34N2O2S. The summed E-state index contributed by atoms with van der Waals surface area (Å²) in [6.07, 6.45) is 5.98. The minimum atomic E-state index is -3.09. The number of nitrogens with zero attached hydrogens (tertiary/aromatic N) is 1. The summed E-state index contributed by atoms with van der Waals surface area (Å²) in [6.45, 7) is 10.8. The van der Waals surface area contributed by atoms with E-state index in [1.807, 2.05) is 13.8 Å². The van der Waals surface area contributed by atoms with Crippen LogP contribution in [0.25, 0.3) is 0 Å². The van der Waals surface area contributed by atoms with Crippen LogP contribution in [0.3, 0.4) is 0 Å². The fraction of sp³-hybridized carbons (Fsp3) is 1.00. The lowest BCUT2D eigenvalue weighted by atomic mass is 10.2. The number of nitrogens with one attached hydrogen (secondary N) is 1. The zero-order valence-electron chi connectivity index (χ0n) is 13.8. The van der Waals surface area contributed by atoms with Crippen molar-refractivity contribution < 1.29 is 8.42 Å². The van der Waals surface area contributed by atoms with E-state index in [0.717, 1.165) is 51.6 Å². The van der Waals surface area contributed by atoms with Gasteiger partial charge in [-0.2, -0.15) is 4.31 Å². The Kier molecular flexibility index (Phi) is 11.4. The minimum absolute atomic E-state index is 0.0649. The molecule has 0 saturated carbocycles.